The lowest BCUT2D eigenvalue weighted by atomic mass is 10.0. The highest BCUT2D eigenvalue weighted by molar-refractivity contribution is 6.09. The number of benzene rings is 1. The maximum absolute atomic E-state index is 13.1. The Morgan fingerprint density at radius 1 is 1.28 bits per heavy atom. The number of aryl methyl sites for hydroxylation is 1. The predicted octanol–water partition coefficient (Wildman–Crippen LogP) is 3.47. The summed E-state index contributed by atoms with van der Waals surface area (Å²) in [5, 5.41) is 7.92. The van der Waals surface area contributed by atoms with E-state index in [0.717, 1.165) is 29.9 Å². The van der Waals surface area contributed by atoms with E-state index in [9.17, 15) is 4.79 Å². The van der Waals surface area contributed by atoms with Crippen molar-refractivity contribution in [2.24, 2.45) is 7.05 Å². The summed E-state index contributed by atoms with van der Waals surface area (Å²) < 4.78 is 7.49. The fourth-order valence-electron chi connectivity index (χ4n) is 3.55. The largest absolute Gasteiger partial charge is 0.352 e. The highest BCUT2D eigenvalue weighted by Gasteiger charge is 2.29. The molecule has 1 aromatic carbocycles. The molecular formula is C22H21N5O2. The Kier molecular flexibility index (Phi) is 4.35. The van der Waals surface area contributed by atoms with Crippen LogP contribution in [-0.4, -0.2) is 32.1 Å². The SMILES string of the molecule is Cn1ccnc1CCNC(=O)c1cc(C2CC2)nc2onc(-c3ccccc3)c12. The molecule has 7 heteroatoms. The Bertz CT molecular complexity index is 1170. The van der Waals surface area contributed by atoms with Crippen molar-refractivity contribution in [3.05, 3.63) is 65.9 Å². The summed E-state index contributed by atoms with van der Waals surface area (Å²) in [7, 11) is 1.95. The van der Waals surface area contributed by atoms with Crippen molar-refractivity contribution in [3.63, 3.8) is 0 Å². The Labute approximate surface area is 167 Å². The van der Waals surface area contributed by atoms with Crippen molar-refractivity contribution in [2.75, 3.05) is 6.54 Å². The first kappa shape index (κ1) is 17.6. The van der Waals surface area contributed by atoms with Crippen LogP contribution in [0, 0.1) is 0 Å². The minimum absolute atomic E-state index is 0.145. The summed E-state index contributed by atoms with van der Waals surface area (Å²) >= 11 is 0. The average Bonchev–Trinajstić information content (AvgIpc) is 3.39. The Morgan fingerprint density at radius 3 is 2.83 bits per heavy atom. The van der Waals surface area contributed by atoms with Crippen LogP contribution in [0.3, 0.4) is 0 Å². The molecule has 1 saturated carbocycles. The lowest BCUT2D eigenvalue weighted by molar-refractivity contribution is 0.0955. The van der Waals surface area contributed by atoms with Crippen LogP contribution in [-0.2, 0) is 13.5 Å². The molecule has 7 nitrogen and oxygen atoms in total. The second-order valence-corrected chi connectivity index (χ2v) is 7.41. The van der Waals surface area contributed by atoms with Crippen molar-refractivity contribution in [2.45, 2.75) is 25.2 Å². The molecule has 1 amide bonds. The van der Waals surface area contributed by atoms with Crippen LogP contribution < -0.4 is 5.32 Å². The highest BCUT2D eigenvalue weighted by Crippen LogP contribution is 2.41. The third-order valence-electron chi connectivity index (χ3n) is 5.31. The monoisotopic (exact) mass is 387 g/mol. The molecule has 3 aromatic heterocycles. The third-order valence-corrected chi connectivity index (χ3v) is 5.31. The first-order chi connectivity index (χ1) is 14.2. The average molecular weight is 387 g/mol. The number of rotatable bonds is 6. The van der Waals surface area contributed by atoms with E-state index in [4.69, 9.17) is 4.52 Å². The smallest absolute Gasteiger partial charge is 0.259 e. The quantitative estimate of drug-likeness (QED) is 0.547. The number of carbonyl (C=O) groups is 1. The third kappa shape index (κ3) is 3.40. The zero-order valence-electron chi connectivity index (χ0n) is 16.1. The highest BCUT2D eigenvalue weighted by atomic mass is 16.5. The van der Waals surface area contributed by atoms with E-state index in [2.05, 4.69) is 20.4 Å². The molecule has 0 unspecified atom stereocenters. The minimum atomic E-state index is -0.145. The molecular weight excluding hydrogens is 366 g/mol. The summed E-state index contributed by atoms with van der Waals surface area (Å²) in [6.07, 6.45) is 6.51. The van der Waals surface area contributed by atoms with Gasteiger partial charge in [-0.2, -0.15) is 0 Å². The van der Waals surface area contributed by atoms with Crippen LogP contribution in [0.2, 0.25) is 0 Å². The van der Waals surface area contributed by atoms with E-state index in [0.29, 0.717) is 41.2 Å². The molecule has 3 heterocycles. The van der Waals surface area contributed by atoms with Gasteiger partial charge in [-0.15, -0.1) is 0 Å². The number of nitrogens with one attached hydrogen (secondary N) is 1. The number of hydrogen-bond donors (Lipinski definition) is 1. The topological polar surface area (TPSA) is 85.8 Å². The van der Waals surface area contributed by atoms with E-state index in [-0.39, 0.29) is 5.91 Å². The Morgan fingerprint density at radius 2 is 2.10 bits per heavy atom. The molecule has 1 aliphatic rings. The number of pyridine rings is 1. The van der Waals surface area contributed by atoms with Gasteiger partial charge in [0, 0.05) is 49.6 Å². The molecule has 1 aliphatic carbocycles. The van der Waals surface area contributed by atoms with E-state index in [1.54, 1.807) is 6.20 Å². The fourth-order valence-corrected chi connectivity index (χ4v) is 3.55. The van der Waals surface area contributed by atoms with Gasteiger partial charge in [0.15, 0.2) is 0 Å². The van der Waals surface area contributed by atoms with Crippen LogP contribution in [0.15, 0.2) is 53.3 Å². The van der Waals surface area contributed by atoms with Gasteiger partial charge in [-0.25, -0.2) is 9.97 Å². The first-order valence-corrected chi connectivity index (χ1v) is 9.81. The molecule has 29 heavy (non-hydrogen) atoms. The molecule has 5 rings (SSSR count). The number of carbonyl (C=O) groups excluding carboxylic acids is 1. The van der Waals surface area contributed by atoms with Gasteiger partial charge in [-0.05, 0) is 18.9 Å². The number of aromatic nitrogens is 4. The Hall–Kier alpha value is -3.48. The second-order valence-electron chi connectivity index (χ2n) is 7.41. The maximum Gasteiger partial charge on any atom is 0.259 e. The van der Waals surface area contributed by atoms with Crippen molar-refractivity contribution < 1.29 is 9.32 Å². The molecule has 0 atom stereocenters. The molecule has 0 spiro atoms. The van der Waals surface area contributed by atoms with Gasteiger partial charge in [0.2, 0.25) is 0 Å². The molecule has 4 aromatic rings. The van der Waals surface area contributed by atoms with Crippen LogP contribution in [0.25, 0.3) is 22.4 Å². The normalized spacial score (nSPS) is 13.7. The van der Waals surface area contributed by atoms with Crippen molar-refractivity contribution >= 4 is 17.0 Å². The number of nitrogens with zero attached hydrogens (tertiary/aromatic N) is 4. The molecule has 0 aliphatic heterocycles. The summed E-state index contributed by atoms with van der Waals surface area (Å²) in [4.78, 5) is 22.1. The Balaban J connectivity index is 1.49. The first-order valence-electron chi connectivity index (χ1n) is 9.81. The summed E-state index contributed by atoms with van der Waals surface area (Å²) in [5.41, 5.74) is 3.43. The fraction of sp³-hybridized carbons (Fsp3) is 0.273. The van der Waals surface area contributed by atoms with Gasteiger partial charge in [-0.3, -0.25) is 4.79 Å². The summed E-state index contributed by atoms with van der Waals surface area (Å²) in [6.45, 7) is 0.498. The van der Waals surface area contributed by atoms with Gasteiger partial charge in [0.1, 0.15) is 11.5 Å². The van der Waals surface area contributed by atoms with Gasteiger partial charge >= 0.3 is 0 Å². The number of fused-ring (bicyclic) bond motifs is 1. The molecule has 146 valence electrons. The van der Waals surface area contributed by atoms with Gasteiger partial charge in [-0.1, -0.05) is 35.5 Å². The molecule has 0 saturated heterocycles. The predicted molar refractivity (Wildman–Crippen MR) is 108 cm³/mol. The molecule has 0 radical (unpaired) electrons. The van der Waals surface area contributed by atoms with E-state index in [1.165, 1.54) is 0 Å². The van der Waals surface area contributed by atoms with Crippen LogP contribution in [0.4, 0.5) is 0 Å². The van der Waals surface area contributed by atoms with Gasteiger partial charge in [0.05, 0.1) is 10.9 Å². The molecule has 1 N–H and O–H groups in total. The minimum Gasteiger partial charge on any atom is -0.352 e. The number of amides is 1. The summed E-state index contributed by atoms with van der Waals surface area (Å²) in [5.74, 6) is 1.19. The number of imidazole rings is 1. The second kappa shape index (κ2) is 7.16. The van der Waals surface area contributed by atoms with Crippen LogP contribution >= 0.6 is 0 Å². The number of hydrogen-bond acceptors (Lipinski definition) is 5. The van der Waals surface area contributed by atoms with Gasteiger partial charge < -0.3 is 14.4 Å². The van der Waals surface area contributed by atoms with E-state index < -0.39 is 0 Å². The van der Waals surface area contributed by atoms with Crippen molar-refractivity contribution in [3.8, 4) is 11.3 Å². The van der Waals surface area contributed by atoms with Gasteiger partial charge in [0.25, 0.3) is 11.6 Å². The zero-order valence-corrected chi connectivity index (χ0v) is 16.1. The molecule has 0 bridgehead atoms. The van der Waals surface area contributed by atoms with Crippen molar-refractivity contribution in [1.29, 1.82) is 0 Å². The summed E-state index contributed by atoms with van der Waals surface area (Å²) in [6, 6.07) is 11.6. The van der Waals surface area contributed by atoms with Crippen LogP contribution in [0.1, 0.15) is 40.6 Å². The lowest BCUT2D eigenvalue weighted by Gasteiger charge is -2.08. The van der Waals surface area contributed by atoms with E-state index in [1.807, 2.05) is 54.2 Å². The van der Waals surface area contributed by atoms with Crippen LogP contribution in [0.5, 0.6) is 0 Å². The van der Waals surface area contributed by atoms with E-state index >= 15 is 0 Å². The maximum atomic E-state index is 13.1. The lowest BCUT2D eigenvalue weighted by Crippen LogP contribution is -2.26. The molecule has 1 fully saturated rings. The zero-order chi connectivity index (χ0) is 19.8. The van der Waals surface area contributed by atoms with Crippen molar-refractivity contribution in [1.82, 2.24) is 25.0 Å². The standard InChI is InChI=1S/C22H21N5O2/c1-27-12-11-23-18(27)9-10-24-21(28)16-13-17(14-7-8-14)25-22-19(16)20(26-29-22)15-5-3-2-4-6-15/h2-6,11-14H,7-10H2,1H3,(H,24,28).